The molecule has 108 valence electrons. The van der Waals surface area contributed by atoms with E-state index in [0.29, 0.717) is 11.9 Å². The second-order valence-electron chi connectivity index (χ2n) is 5.61. The maximum Gasteiger partial charge on any atom is 0.144 e. The van der Waals surface area contributed by atoms with E-state index in [1.807, 2.05) is 13.8 Å². The van der Waals surface area contributed by atoms with E-state index in [0.717, 1.165) is 32.4 Å². The highest BCUT2D eigenvalue weighted by atomic mass is 16.5. The largest absolute Gasteiger partial charge is 0.409 e. The van der Waals surface area contributed by atoms with Gasteiger partial charge in [-0.1, -0.05) is 25.4 Å². The Hall–Kier alpha value is -0.810. The zero-order valence-corrected chi connectivity index (χ0v) is 12.4. The number of ether oxygens (including phenoxy) is 1. The Morgan fingerprint density at radius 3 is 2.56 bits per heavy atom. The van der Waals surface area contributed by atoms with Gasteiger partial charge in [-0.05, 0) is 33.4 Å². The summed E-state index contributed by atoms with van der Waals surface area (Å²) < 4.78 is 5.13. The minimum atomic E-state index is -0.231. The van der Waals surface area contributed by atoms with Gasteiger partial charge in [0.2, 0.25) is 0 Å². The van der Waals surface area contributed by atoms with E-state index in [1.165, 1.54) is 0 Å². The van der Waals surface area contributed by atoms with Crippen molar-refractivity contribution in [1.82, 2.24) is 4.90 Å². The number of methoxy groups -OCH3 is 1. The molecule has 0 spiro atoms. The van der Waals surface area contributed by atoms with Crippen molar-refractivity contribution < 1.29 is 9.94 Å². The predicted molar refractivity (Wildman–Crippen MR) is 75.0 cm³/mol. The smallest absolute Gasteiger partial charge is 0.144 e. The number of unbranched alkanes of at least 4 members (excludes halogenated alkanes) is 1. The van der Waals surface area contributed by atoms with Gasteiger partial charge in [-0.2, -0.15) is 0 Å². The standard InChI is InChI=1S/C13H29N3O2/c1-11(10-18-5)16(4)9-7-6-8-13(2,3)12(14)15-17/h11,17H,6-10H2,1-5H3,(H2,14,15). The average molecular weight is 259 g/mol. The molecule has 0 amide bonds. The Bertz CT molecular complexity index is 255. The number of nitrogens with zero attached hydrogens (tertiary/aromatic N) is 2. The highest BCUT2D eigenvalue weighted by Crippen LogP contribution is 2.23. The molecule has 0 heterocycles. The molecule has 0 saturated heterocycles. The van der Waals surface area contributed by atoms with Gasteiger partial charge >= 0.3 is 0 Å². The van der Waals surface area contributed by atoms with Crippen LogP contribution in [0.25, 0.3) is 0 Å². The van der Waals surface area contributed by atoms with Gasteiger partial charge < -0.3 is 20.6 Å². The molecular weight excluding hydrogens is 230 g/mol. The zero-order valence-electron chi connectivity index (χ0n) is 12.4. The first-order chi connectivity index (χ1) is 8.35. The van der Waals surface area contributed by atoms with Crippen molar-refractivity contribution in [3.05, 3.63) is 0 Å². The monoisotopic (exact) mass is 259 g/mol. The maximum atomic E-state index is 8.69. The van der Waals surface area contributed by atoms with Crippen LogP contribution >= 0.6 is 0 Å². The molecule has 5 heteroatoms. The number of hydrogen-bond donors (Lipinski definition) is 2. The van der Waals surface area contributed by atoms with Gasteiger partial charge in [0.05, 0.1) is 6.61 Å². The molecule has 0 aromatic carbocycles. The lowest BCUT2D eigenvalue weighted by Gasteiger charge is -2.26. The molecule has 1 unspecified atom stereocenters. The highest BCUT2D eigenvalue weighted by Gasteiger charge is 2.22. The lowest BCUT2D eigenvalue weighted by Crippen LogP contribution is -2.34. The predicted octanol–water partition coefficient (Wildman–Crippen LogP) is 1.90. The fourth-order valence-corrected chi connectivity index (χ4v) is 1.78. The number of nitrogens with two attached hydrogens (primary N) is 1. The first-order valence-corrected chi connectivity index (χ1v) is 6.52. The molecule has 0 aliphatic carbocycles. The van der Waals surface area contributed by atoms with Crippen LogP contribution in [-0.2, 0) is 4.74 Å². The maximum absolute atomic E-state index is 8.69. The molecule has 0 fully saturated rings. The van der Waals surface area contributed by atoms with Crippen LogP contribution in [0.3, 0.4) is 0 Å². The van der Waals surface area contributed by atoms with Gasteiger partial charge in [-0.15, -0.1) is 0 Å². The summed E-state index contributed by atoms with van der Waals surface area (Å²) in [5.74, 6) is 0.309. The minimum absolute atomic E-state index is 0.231. The van der Waals surface area contributed by atoms with Gasteiger partial charge in [0.15, 0.2) is 0 Å². The van der Waals surface area contributed by atoms with E-state index >= 15 is 0 Å². The average Bonchev–Trinajstić information content (AvgIpc) is 2.33. The fraction of sp³-hybridized carbons (Fsp3) is 0.923. The van der Waals surface area contributed by atoms with E-state index < -0.39 is 0 Å². The van der Waals surface area contributed by atoms with Crippen molar-refractivity contribution in [2.24, 2.45) is 16.3 Å². The lowest BCUT2D eigenvalue weighted by atomic mass is 9.86. The quantitative estimate of drug-likeness (QED) is 0.218. The highest BCUT2D eigenvalue weighted by molar-refractivity contribution is 5.85. The van der Waals surface area contributed by atoms with E-state index in [1.54, 1.807) is 7.11 Å². The molecule has 18 heavy (non-hydrogen) atoms. The van der Waals surface area contributed by atoms with Crippen molar-refractivity contribution in [1.29, 1.82) is 0 Å². The zero-order chi connectivity index (χ0) is 14.2. The molecule has 0 bridgehead atoms. The number of amidine groups is 1. The Kier molecular flexibility index (Phi) is 7.95. The minimum Gasteiger partial charge on any atom is -0.409 e. The Morgan fingerprint density at radius 1 is 1.44 bits per heavy atom. The summed E-state index contributed by atoms with van der Waals surface area (Å²) in [6, 6.07) is 0.437. The van der Waals surface area contributed by atoms with Crippen LogP contribution in [0.1, 0.15) is 40.0 Å². The molecule has 0 aromatic heterocycles. The van der Waals surface area contributed by atoms with Crippen LogP contribution < -0.4 is 5.73 Å². The number of hydrogen-bond acceptors (Lipinski definition) is 4. The third-order valence-electron chi connectivity index (χ3n) is 3.52. The summed E-state index contributed by atoms with van der Waals surface area (Å²) >= 11 is 0. The topological polar surface area (TPSA) is 71.1 Å². The molecule has 0 aromatic rings. The van der Waals surface area contributed by atoms with Crippen LogP contribution in [-0.4, -0.2) is 49.3 Å². The summed E-state index contributed by atoms with van der Waals surface area (Å²) in [4.78, 5) is 2.29. The van der Waals surface area contributed by atoms with Crippen LogP contribution in [0.2, 0.25) is 0 Å². The summed E-state index contributed by atoms with van der Waals surface area (Å²) in [6.45, 7) is 7.95. The van der Waals surface area contributed by atoms with Crippen molar-refractivity contribution >= 4 is 5.84 Å². The van der Waals surface area contributed by atoms with E-state index in [4.69, 9.17) is 15.7 Å². The molecule has 0 aliphatic heterocycles. The second kappa shape index (κ2) is 8.32. The van der Waals surface area contributed by atoms with Gasteiger partial charge in [0, 0.05) is 18.6 Å². The number of oxime groups is 1. The summed E-state index contributed by atoms with van der Waals surface area (Å²) in [5.41, 5.74) is 5.42. The molecule has 0 saturated carbocycles. The molecule has 1 atom stereocenters. The first kappa shape index (κ1) is 17.2. The SMILES string of the molecule is COCC(C)N(C)CCCCC(C)(C)C(N)=NO. The van der Waals surface area contributed by atoms with E-state index in [2.05, 4.69) is 24.0 Å². The third kappa shape index (κ3) is 6.21. The fourth-order valence-electron chi connectivity index (χ4n) is 1.78. The summed E-state index contributed by atoms with van der Waals surface area (Å²) in [6.07, 6.45) is 3.09. The van der Waals surface area contributed by atoms with Gasteiger partial charge in [0.1, 0.15) is 5.84 Å². The molecule has 5 nitrogen and oxygen atoms in total. The number of likely N-dealkylation sites (N-methyl/N-ethyl adjacent to an activating group) is 1. The molecule has 3 N–H and O–H groups in total. The molecule has 0 radical (unpaired) electrons. The number of rotatable bonds is 9. The van der Waals surface area contributed by atoms with Crippen molar-refractivity contribution in [2.45, 2.75) is 46.1 Å². The van der Waals surface area contributed by atoms with Gasteiger partial charge in [-0.3, -0.25) is 0 Å². The Labute approximate surface area is 111 Å². The third-order valence-corrected chi connectivity index (χ3v) is 3.52. The summed E-state index contributed by atoms with van der Waals surface area (Å²) in [5, 5.41) is 11.8. The van der Waals surface area contributed by atoms with Crippen LogP contribution in [0.5, 0.6) is 0 Å². The van der Waals surface area contributed by atoms with E-state index in [-0.39, 0.29) is 5.41 Å². The van der Waals surface area contributed by atoms with Gasteiger partial charge in [0.25, 0.3) is 0 Å². The first-order valence-electron chi connectivity index (χ1n) is 6.52. The van der Waals surface area contributed by atoms with Crippen LogP contribution in [0.4, 0.5) is 0 Å². The Balaban J connectivity index is 3.86. The van der Waals surface area contributed by atoms with Crippen molar-refractivity contribution in [2.75, 3.05) is 27.3 Å². The van der Waals surface area contributed by atoms with E-state index in [9.17, 15) is 0 Å². The van der Waals surface area contributed by atoms with Crippen molar-refractivity contribution in [3.8, 4) is 0 Å². The van der Waals surface area contributed by atoms with Crippen LogP contribution in [0.15, 0.2) is 5.16 Å². The van der Waals surface area contributed by atoms with Crippen LogP contribution in [0, 0.1) is 5.41 Å². The molecule has 0 aliphatic rings. The molecular formula is C13H29N3O2. The van der Waals surface area contributed by atoms with Crippen molar-refractivity contribution in [3.63, 3.8) is 0 Å². The Morgan fingerprint density at radius 2 is 2.06 bits per heavy atom. The lowest BCUT2D eigenvalue weighted by molar-refractivity contribution is 0.114. The summed E-state index contributed by atoms with van der Waals surface area (Å²) in [7, 11) is 3.84. The normalized spacial score (nSPS) is 15.1. The second-order valence-corrected chi connectivity index (χ2v) is 5.61. The van der Waals surface area contributed by atoms with Gasteiger partial charge in [-0.25, -0.2) is 0 Å². The molecule has 0 rings (SSSR count).